The van der Waals surface area contributed by atoms with Crippen LogP contribution in [0.25, 0.3) is 0 Å². The summed E-state index contributed by atoms with van der Waals surface area (Å²) in [6, 6.07) is 19.5. The minimum absolute atomic E-state index is 0.238. The zero-order valence-corrected chi connectivity index (χ0v) is 16.0. The molecule has 0 amide bonds. The van der Waals surface area contributed by atoms with E-state index in [0.717, 1.165) is 4.47 Å². The molecule has 1 aliphatic carbocycles. The average molecular weight is 383 g/mol. The average Bonchev–Trinajstić information content (AvgIpc) is 3.05. The molecule has 3 heteroatoms. The van der Waals surface area contributed by atoms with Gasteiger partial charge in [-0.25, -0.2) is 0 Å². The highest BCUT2D eigenvalue weighted by molar-refractivity contribution is 9.10. The first-order valence-corrected chi connectivity index (χ1v) is 9.47. The molecule has 4 rings (SSSR count). The molecule has 0 spiro atoms. The summed E-state index contributed by atoms with van der Waals surface area (Å²) in [5, 5.41) is 7.39. The Balaban J connectivity index is 1.86. The van der Waals surface area contributed by atoms with Crippen molar-refractivity contribution in [2.75, 3.05) is 5.01 Å². The van der Waals surface area contributed by atoms with E-state index < -0.39 is 0 Å². The smallest absolute Gasteiger partial charge is 0.0750 e. The number of para-hydroxylation sites is 1. The van der Waals surface area contributed by atoms with E-state index in [4.69, 9.17) is 5.10 Å². The molecule has 3 atom stereocenters. The van der Waals surface area contributed by atoms with Gasteiger partial charge in [0.05, 0.1) is 17.4 Å². The number of hydrazone groups is 1. The van der Waals surface area contributed by atoms with E-state index in [1.165, 1.54) is 23.4 Å². The van der Waals surface area contributed by atoms with Crippen LogP contribution in [-0.4, -0.2) is 11.8 Å². The Morgan fingerprint density at radius 3 is 2.42 bits per heavy atom. The summed E-state index contributed by atoms with van der Waals surface area (Å²) >= 11 is 3.73. The molecular weight excluding hydrogens is 360 g/mol. The van der Waals surface area contributed by atoms with Gasteiger partial charge in [-0.3, -0.25) is 5.01 Å². The normalized spacial score (nSPS) is 27.9. The fourth-order valence-electron chi connectivity index (χ4n) is 4.35. The van der Waals surface area contributed by atoms with E-state index in [9.17, 15) is 0 Å². The van der Waals surface area contributed by atoms with Gasteiger partial charge in [0.25, 0.3) is 0 Å². The second-order valence-corrected chi connectivity index (χ2v) is 8.50. The SMILES string of the molecule is CC1CC2[C@@H](C(c3ccccc3Br)=NN2c2ccccc2)C1(C)C. The van der Waals surface area contributed by atoms with Crippen LogP contribution in [-0.2, 0) is 0 Å². The number of halogens is 1. The predicted molar refractivity (Wildman–Crippen MR) is 104 cm³/mol. The molecule has 1 aliphatic heterocycles. The Labute approximate surface area is 152 Å². The highest BCUT2D eigenvalue weighted by Crippen LogP contribution is 2.54. The largest absolute Gasteiger partial charge is 0.261 e. The first-order chi connectivity index (χ1) is 11.5. The summed E-state index contributed by atoms with van der Waals surface area (Å²) in [7, 11) is 0. The third-order valence-electron chi connectivity index (χ3n) is 6.05. The van der Waals surface area contributed by atoms with Gasteiger partial charge in [-0.15, -0.1) is 0 Å². The standard InChI is InChI=1S/C21H23BrN2/c1-14-13-18-19(21(14,2)3)20(16-11-7-8-12-17(16)22)23-24(18)15-9-5-4-6-10-15/h4-12,14,18-19H,13H2,1-3H3/t14?,18?,19-/m0/s1. The minimum Gasteiger partial charge on any atom is -0.261 e. The highest BCUT2D eigenvalue weighted by Gasteiger charge is 2.55. The first kappa shape index (κ1) is 15.9. The third-order valence-corrected chi connectivity index (χ3v) is 6.74. The molecule has 24 heavy (non-hydrogen) atoms. The zero-order valence-electron chi connectivity index (χ0n) is 14.4. The van der Waals surface area contributed by atoms with Crippen molar-refractivity contribution in [1.82, 2.24) is 0 Å². The lowest BCUT2D eigenvalue weighted by Gasteiger charge is -2.31. The number of hydrogen-bond donors (Lipinski definition) is 0. The molecule has 1 heterocycles. The number of benzene rings is 2. The molecule has 0 N–H and O–H groups in total. The van der Waals surface area contributed by atoms with Crippen molar-refractivity contribution in [2.45, 2.75) is 33.2 Å². The summed E-state index contributed by atoms with van der Waals surface area (Å²) in [6.07, 6.45) is 1.18. The molecule has 2 aromatic carbocycles. The van der Waals surface area contributed by atoms with Crippen LogP contribution >= 0.6 is 15.9 Å². The van der Waals surface area contributed by atoms with E-state index in [-0.39, 0.29) is 5.41 Å². The number of nitrogens with zero attached hydrogens (tertiary/aromatic N) is 2. The van der Waals surface area contributed by atoms with Crippen molar-refractivity contribution >= 4 is 27.3 Å². The van der Waals surface area contributed by atoms with E-state index in [0.29, 0.717) is 17.9 Å². The Kier molecular flexibility index (Phi) is 3.80. The van der Waals surface area contributed by atoms with Gasteiger partial charge in [0.1, 0.15) is 0 Å². The Morgan fingerprint density at radius 1 is 1.04 bits per heavy atom. The maximum atomic E-state index is 5.12. The van der Waals surface area contributed by atoms with Gasteiger partial charge in [-0.2, -0.15) is 5.10 Å². The maximum Gasteiger partial charge on any atom is 0.0750 e. The summed E-state index contributed by atoms with van der Waals surface area (Å²) < 4.78 is 1.13. The van der Waals surface area contributed by atoms with E-state index in [1.807, 2.05) is 0 Å². The van der Waals surface area contributed by atoms with Crippen molar-refractivity contribution in [1.29, 1.82) is 0 Å². The number of fused-ring (bicyclic) bond motifs is 1. The van der Waals surface area contributed by atoms with Gasteiger partial charge in [-0.05, 0) is 36.0 Å². The number of anilines is 1. The molecule has 0 bridgehead atoms. The van der Waals surface area contributed by atoms with Gasteiger partial charge in [0.2, 0.25) is 0 Å². The monoisotopic (exact) mass is 382 g/mol. The van der Waals surface area contributed by atoms with Crippen molar-refractivity contribution < 1.29 is 0 Å². The summed E-state index contributed by atoms with van der Waals surface area (Å²) in [6.45, 7) is 7.20. The highest BCUT2D eigenvalue weighted by atomic mass is 79.9. The van der Waals surface area contributed by atoms with Crippen LogP contribution in [0, 0.1) is 17.3 Å². The third kappa shape index (κ3) is 2.33. The van der Waals surface area contributed by atoms with E-state index >= 15 is 0 Å². The van der Waals surface area contributed by atoms with Crippen molar-refractivity contribution in [2.24, 2.45) is 22.4 Å². The molecule has 0 radical (unpaired) electrons. The molecule has 0 aromatic heterocycles. The van der Waals surface area contributed by atoms with Crippen LogP contribution in [0.15, 0.2) is 64.2 Å². The predicted octanol–water partition coefficient (Wildman–Crippen LogP) is 5.72. The topological polar surface area (TPSA) is 15.6 Å². The van der Waals surface area contributed by atoms with E-state index in [2.05, 4.69) is 96.3 Å². The van der Waals surface area contributed by atoms with Crippen molar-refractivity contribution in [3.05, 3.63) is 64.6 Å². The van der Waals surface area contributed by atoms with Crippen LogP contribution in [0.1, 0.15) is 32.8 Å². The number of hydrogen-bond acceptors (Lipinski definition) is 2. The van der Waals surface area contributed by atoms with Crippen LogP contribution in [0.5, 0.6) is 0 Å². The molecule has 2 nitrogen and oxygen atoms in total. The fraction of sp³-hybridized carbons (Fsp3) is 0.381. The maximum absolute atomic E-state index is 5.12. The van der Waals surface area contributed by atoms with Gasteiger partial charge in [0.15, 0.2) is 0 Å². The quantitative estimate of drug-likeness (QED) is 0.647. The van der Waals surface area contributed by atoms with Gasteiger partial charge < -0.3 is 0 Å². The van der Waals surface area contributed by atoms with Crippen LogP contribution < -0.4 is 5.01 Å². The van der Waals surface area contributed by atoms with Crippen LogP contribution in [0.4, 0.5) is 5.69 Å². The van der Waals surface area contributed by atoms with Gasteiger partial charge in [-0.1, -0.05) is 73.1 Å². The molecule has 124 valence electrons. The van der Waals surface area contributed by atoms with Crippen molar-refractivity contribution in [3.63, 3.8) is 0 Å². The molecule has 2 aromatic rings. The number of rotatable bonds is 2. The minimum atomic E-state index is 0.238. The molecule has 0 saturated heterocycles. The van der Waals surface area contributed by atoms with Crippen molar-refractivity contribution in [3.8, 4) is 0 Å². The second-order valence-electron chi connectivity index (χ2n) is 7.65. The first-order valence-electron chi connectivity index (χ1n) is 8.68. The lowest BCUT2D eigenvalue weighted by Crippen LogP contribution is -2.35. The second kappa shape index (κ2) is 5.73. The Hall–Kier alpha value is -1.61. The molecule has 2 aliphatic rings. The van der Waals surface area contributed by atoms with E-state index in [1.54, 1.807) is 0 Å². The summed E-state index contributed by atoms with van der Waals surface area (Å²) in [5.41, 5.74) is 3.89. The molecular formula is C21H23BrN2. The lowest BCUT2D eigenvalue weighted by molar-refractivity contribution is 0.244. The Morgan fingerprint density at radius 2 is 1.71 bits per heavy atom. The van der Waals surface area contributed by atoms with Crippen LogP contribution in [0.3, 0.4) is 0 Å². The molecule has 1 fully saturated rings. The summed E-state index contributed by atoms with van der Waals surface area (Å²) in [4.78, 5) is 0. The zero-order chi connectivity index (χ0) is 16.9. The Bertz CT molecular complexity index is 781. The van der Waals surface area contributed by atoms with Crippen LogP contribution in [0.2, 0.25) is 0 Å². The lowest BCUT2D eigenvalue weighted by atomic mass is 9.72. The fourth-order valence-corrected chi connectivity index (χ4v) is 4.84. The molecule has 2 unspecified atom stereocenters. The molecule has 1 saturated carbocycles. The van der Waals surface area contributed by atoms with Gasteiger partial charge >= 0.3 is 0 Å². The van der Waals surface area contributed by atoms with Gasteiger partial charge in [0, 0.05) is 16.0 Å². The summed E-state index contributed by atoms with van der Waals surface area (Å²) in [5.74, 6) is 1.12.